The molecule has 1 aromatic heterocycles. The molecule has 15 heavy (non-hydrogen) atoms. The normalized spacial score (nSPS) is 10.7. The van der Waals surface area contributed by atoms with E-state index in [0.29, 0.717) is 0 Å². The minimum absolute atomic E-state index is 0.00854. The van der Waals surface area contributed by atoms with Crippen LogP contribution in [0.25, 0.3) is 0 Å². The van der Waals surface area contributed by atoms with Gasteiger partial charge in [-0.3, -0.25) is 0 Å². The van der Waals surface area contributed by atoms with Crippen LogP contribution >= 0.6 is 0 Å². The Morgan fingerprint density at radius 3 is 2.67 bits per heavy atom. The van der Waals surface area contributed by atoms with Crippen molar-refractivity contribution in [2.45, 2.75) is 12.6 Å². The Balaban J connectivity index is 2.90. The van der Waals surface area contributed by atoms with E-state index >= 15 is 0 Å². The molecule has 0 bridgehead atoms. The molecular formula is C9H7F3N2O. The fourth-order valence-electron chi connectivity index (χ4n) is 0.790. The first-order chi connectivity index (χ1) is 7.04. The van der Waals surface area contributed by atoms with Crippen molar-refractivity contribution in [1.82, 2.24) is 9.97 Å². The summed E-state index contributed by atoms with van der Waals surface area (Å²) < 4.78 is 36.5. The highest BCUT2D eigenvalue weighted by atomic mass is 19.4. The highest BCUT2D eigenvalue weighted by Crippen LogP contribution is 2.26. The molecule has 1 aromatic rings. The summed E-state index contributed by atoms with van der Waals surface area (Å²) in [6, 6.07) is 0.768. The van der Waals surface area contributed by atoms with Gasteiger partial charge in [-0.25, -0.2) is 9.97 Å². The molecule has 1 heterocycles. The molecule has 0 saturated heterocycles. The number of hydrogen-bond donors (Lipinski definition) is 1. The number of nitrogens with zero attached hydrogens (tertiary/aromatic N) is 2. The number of aromatic nitrogens is 2. The quantitative estimate of drug-likeness (QED) is 0.718. The number of alkyl halides is 3. The van der Waals surface area contributed by atoms with Crippen LogP contribution in [0.4, 0.5) is 13.2 Å². The first-order valence-electron chi connectivity index (χ1n) is 4.03. The Labute approximate surface area is 84.0 Å². The molecule has 80 valence electrons. The topological polar surface area (TPSA) is 46.0 Å². The Bertz CT molecular complexity index is 392. The monoisotopic (exact) mass is 216 g/mol. The summed E-state index contributed by atoms with van der Waals surface area (Å²) in [5.41, 5.74) is -1.03. The first kappa shape index (κ1) is 11.5. The summed E-state index contributed by atoms with van der Waals surface area (Å²) >= 11 is 0. The second-order valence-corrected chi connectivity index (χ2v) is 2.56. The molecule has 6 heteroatoms. The van der Waals surface area contributed by atoms with Crippen molar-refractivity contribution in [2.75, 3.05) is 6.61 Å². The largest absolute Gasteiger partial charge is 0.433 e. The van der Waals surface area contributed by atoms with Gasteiger partial charge in [0.05, 0.1) is 6.61 Å². The lowest BCUT2D eigenvalue weighted by molar-refractivity contribution is -0.141. The van der Waals surface area contributed by atoms with Crippen molar-refractivity contribution in [3.8, 4) is 11.8 Å². The van der Waals surface area contributed by atoms with E-state index in [9.17, 15) is 13.2 Å². The van der Waals surface area contributed by atoms with E-state index in [4.69, 9.17) is 5.11 Å². The second-order valence-electron chi connectivity index (χ2n) is 2.56. The average molecular weight is 216 g/mol. The van der Waals surface area contributed by atoms with Crippen LogP contribution in [0, 0.1) is 11.8 Å². The van der Waals surface area contributed by atoms with Crippen LogP contribution in [-0.2, 0) is 6.18 Å². The zero-order valence-electron chi connectivity index (χ0n) is 7.54. The standard InChI is InChI=1S/C9H7F3N2O/c10-9(11,12)8-5-7(13-6-14-8)3-1-2-4-15/h5-6,15H,2,4H2. The van der Waals surface area contributed by atoms with E-state index in [2.05, 4.69) is 21.8 Å². The molecule has 0 aromatic carbocycles. The Kier molecular flexibility index (Phi) is 3.63. The molecule has 0 fully saturated rings. The number of aliphatic hydroxyl groups is 1. The summed E-state index contributed by atoms with van der Waals surface area (Å²) in [6.45, 7) is -0.135. The van der Waals surface area contributed by atoms with Crippen molar-refractivity contribution < 1.29 is 18.3 Å². The molecule has 0 aliphatic rings. The minimum Gasteiger partial charge on any atom is -0.395 e. The summed E-state index contributed by atoms with van der Waals surface area (Å²) in [5.74, 6) is 4.87. The van der Waals surface area contributed by atoms with Gasteiger partial charge in [-0.05, 0) is 5.92 Å². The van der Waals surface area contributed by atoms with Crippen molar-refractivity contribution in [3.05, 3.63) is 23.8 Å². The smallest absolute Gasteiger partial charge is 0.395 e. The molecule has 0 aliphatic carbocycles. The van der Waals surface area contributed by atoms with E-state index in [1.807, 2.05) is 0 Å². The predicted molar refractivity (Wildman–Crippen MR) is 45.6 cm³/mol. The van der Waals surface area contributed by atoms with Crippen LogP contribution in [0.3, 0.4) is 0 Å². The van der Waals surface area contributed by atoms with Crippen LogP contribution in [0.5, 0.6) is 0 Å². The molecule has 0 atom stereocenters. The lowest BCUT2D eigenvalue weighted by Crippen LogP contribution is -2.08. The number of rotatable bonds is 1. The molecule has 0 saturated carbocycles. The van der Waals surface area contributed by atoms with Crippen LogP contribution in [0.2, 0.25) is 0 Å². The number of hydrogen-bond acceptors (Lipinski definition) is 3. The lowest BCUT2D eigenvalue weighted by atomic mass is 10.3. The first-order valence-corrected chi connectivity index (χ1v) is 4.03. The van der Waals surface area contributed by atoms with Gasteiger partial charge in [0.1, 0.15) is 17.7 Å². The molecular weight excluding hydrogens is 209 g/mol. The third-order valence-corrected chi connectivity index (χ3v) is 1.41. The van der Waals surface area contributed by atoms with Crippen molar-refractivity contribution in [2.24, 2.45) is 0 Å². The van der Waals surface area contributed by atoms with Gasteiger partial charge in [0.15, 0.2) is 0 Å². The van der Waals surface area contributed by atoms with Crippen molar-refractivity contribution in [1.29, 1.82) is 0 Å². The fraction of sp³-hybridized carbons (Fsp3) is 0.333. The average Bonchev–Trinajstić information content (AvgIpc) is 2.17. The van der Waals surface area contributed by atoms with Gasteiger partial charge in [-0.1, -0.05) is 5.92 Å². The summed E-state index contributed by atoms with van der Waals surface area (Å²) in [4.78, 5) is 6.64. The van der Waals surface area contributed by atoms with E-state index in [1.54, 1.807) is 0 Å². The summed E-state index contributed by atoms with van der Waals surface area (Å²) in [5, 5.41) is 8.41. The molecule has 0 amide bonds. The van der Waals surface area contributed by atoms with Gasteiger partial charge < -0.3 is 5.11 Å². The molecule has 0 unspecified atom stereocenters. The van der Waals surface area contributed by atoms with Crippen molar-refractivity contribution in [3.63, 3.8) is 0 Å². The predicted octanol–water partition coefficient (Wildman–Crippen LogP) is 1.23. The third-order valence-electron chi connectivity index (χ3n) is 1.41. The fourth-order valence-corrected chi connectivity index (χ4v) is 0.790. The van der Waals surface area contributed by atoms with Crippen LogP contribution in [0.15, 0.2) is 12.4 Å². The Morgan fingerprint density at radius 1 is 1.33 bits per heavy atom. The molecule has 3 nitrogen and oxygen atoms in total. The lowest BCUT2D eigenvalue weighted by Gasteiger charge is -2.03. The highest BCUT2D eigenvalue weighted by molar-refractivity contribution is 5.28. The molecule has 0 aliphatic heterocycles. The molecule has 0 radical (unpaired) electrons. The number of halogens is 3. The van der Waals surface area contributed by atoms with Crippen molar-refractivity contribution >= 4 is 0 Å². The maximum absolute atomic E-state index is 12.2. The van der Waals surface area contributed by atoms with Gasteiger partial charge in [0.25, 0.3) is 0 Å². The zero-order valence-corrected chi connectivity index (χ0v) is 7.54. The van der Waals surface area contributed by atoms with Gasteiger partial charge in [-0.15, -0.1) is 0 Å². The second kappa shape index (κ2) is 4.75. The van der Waals surface area contributed by atoms with Gasteiger partial charge >= 0.3 is 6.18 Å². The van der Waals surface area contributed by atoms with E-state index < -0.39 is 11.9 Å². The Hall–Kier alpha value is -1.61. The van der Waals surface area contributed by atoms with Gasteiger partial charge in [0, 0.05) is 12.5 Å². The van der Waals surface area contributed by atoms with Gasteiger partial charge in [-0.2, -0.15) is 13.2 Å². The van der Waals surface area contributed by atoms with E-state index in [1.165, 1.54) is 0 Å². The van der Waals surface area contributed by atoms with Crippen LogP contribution in [-0.4, -0.2) is 21.7 Å². The molecule has 0 spiro atoms. The summed E-state index contributed by atoms with van der Waals surface area (Å²) in [6.07, 6.45) is -3.48. The minimum atomic E-state index is -4.49. The molecule has 1 rings (SSSR count). The number of aliphatic hydroxyl groups excluding tert-OH is 1. The maximum atomic E-state index is 12.2. The Morgan fingerprint density at radius 2 is 2.07 bits per heavy atom. The van der Waals surface area contributed by atoms with E-state index in [0.717, 1.165) is 12.4 Å². The van der Waals surface area contributed by atoms with Crippen LogP contribution < -0.4 is 0 Å². The SMILES string of the molecule is OCCC#Cc1cc(C(F)(F)F)ncn1. The maximum Gasteiger partial charge on any atom is 0.433 e. The third kappa shape index (κ3) is 3.56. The zero-order chi connectivity index (χ0) is 11.3. The highest BCUT2D eigenvalue weighted by Gasteiger charge is 2.32. The van der Waals surface area contributed by atoms with Gasteiger partial charge in [0.2, 0.25) is 0 Å². The molecule has 1 N–H and O–H groups in total. The van der Waals surface area contributed by atoms with Crippen LogP contribution in [0.1, 0.15) is 17.8 Å². The van der Waals surface area contributed by atoms with E-state index in [-0.39, 0.29) is 18.7 Å². The summed E-state index contributed by atoms with van der Waals surface area (Å²) in [7, 11) is 0.